The lowest BCUT2D eigenvalue weighted by molar-refractivity contribution is 0.469. The van der Waals surface area contributed by atoms with Crippen LogP contribution >= 0.6 is 0 Å². The maximum absolute atomic E-state index is 12.6. The summed E-state index contributed by atoms with van der Waals surface area (Å²) in [6, 6.07) is 0. The second-order valence-corrected chi connectivity index (χ2v) is 12.7. The Labute approximate surface area is 173 Å². The molecule has 0 aliphatic carbocycles. The van der Waals surface area contributed by atoms with E-state index in [1.807, 2.05) is 0 Å². The van der Waals surface area contributed by atoms with Gasteiger partial charge in [0.25, 0.3) is 0 Å². The Bertz CT molecular complexity index is 1230. The summed E-state index contributed by atoms with van der Waals surface area (Å²) in [4.78, 5) is 37.8. The van der Waals surface area contributed by atoms with Crippen LogP contribution < -0.4 is 17.1 Å². The highest BCUT2D eigenvalue weighted by molar-refractivity contribution is 7.94. The van der Waals surface area contributed by atoms with Crippen LogP contribution in [0, 0.1) is 0 Å². The average Bonchev–Trinajstić information content (AvgIpc) is 2.67. The zero-order valence-corrected chi connectivity index (χ0v) is 18.7. The predicted octanol–water partition coefficient (Wildman–Crippen LogP) is -2.28. The number of rotatable bonds is 12. The van der Waals surface area contributed by atoms with Crippen LogP contribution in [0.4, 0.5) is 0 Å². The summed E-state index contributed by atoms with van der Waals surface area (Å²) in [6.07, 6.45) is 0. The van der Waals surface area contributed by atoms with Gasteiger partial charge >= 0.3 is 17.1 Å². The van der Waals surface area contributed by atoms with Gasteiger partial charge in [0.2, 0.25) is 0 Å². The van der Waals surface area contributed by atoms with Gasteiger partial charge in [-0.3, -0.25) is 0 Å². The third kappa shape index (κ3) is 6.63. The van der Waals surface area contributed by atoms with E-state index in [0.717, 1.165) is 0 Å². The molecule has 0 amide bonds. The average molecular weight is 486 g/mol. The van der Waals surface area contributed by atoms with Crippen molar-refractivity contribution >= 4 is 29.5 Å². The van der Waals surface area contributed by atoms with Gasteiger partial charge in [0.1, 0.15) is 0 Å². The van der Waals surface area contributed by atoms with Gasteiger partial charge in [-0.05, 0) is 0 Å². The second-order valence-electron chi connectivity index (χ2n) is 6.11. The molecule has 0 atom stereocenters. The fraction of sp³-hybridized carbons (Fsp3) is 0.533. The normalized spacial score (nSPS) is 12.6. The summed E-state index contributed by atoms with van der Waals surface area (Å²) in [5.74, 6) is -2.18. The molecule has 1 rings (SSSR count). The standard InChI is InChI=1S/C15H23N3O9S3/c1-4-28(22,23)10-7-16-13(19)17(8-11-29(24,25)5-2)15(21)18(14(16)20)9-12-30(26,27)6-3/h4-5H,1-2,6-12H2,3H3. The fourth-order valence-corrected chi connectivity index (χ4v) is 4.19. The highest BCUT2D eigenvalue weighted by Gasteiger charge is 2.20. The van der Waals surface area contributed by atoms with Crippen LogP contribution in [0.1, 0.15) is 6.92 Å². The Hall–Kier alpha value is -2.26. The quantitative estimate of drug-likeness (QED) is 0.317. The molecule has 1 aromatic heterocycles. The van der Waals surface area contributed by atoms with Gasteiger partial charge in [-0.25, -0.2) is 53.3 Å². The number of aromatic nitrogens is 3. The summed E-state index contributed by atoms with van der Waals surface area (Å²) in [7, 11) is -11.2. The number of hydrogen-bond donors (Lipinski definition) is 0. The summed E-state index contributed by atoms with van der Waals surface area (Å²) in [5, 5.41) is 1.27. The Morgan fingerprint density at radius 3 is 1.23 bits per heavy atom. The SMILES string of the molecule is C=CS(=O)(=O)CCn1c(=O)n(CCS(=O)(=O)C=C)c(=O)n(CCS(=O)(=O)CC)c1=O. The monoisotopic (exact) mass is 485 g/mol. The molecule has 0 radical (unpaired) electrons. The summed E-state index contributed by atoms with van der Waals surface area (Å²) in [5.41, 5.74) is -3.60. The van der Waals surface area contributed by atoms with Crippen LogP contribution in [0.5, 0.6) is 0 Å². The van der Waals surface area contributed by atoms with Gasteiger partial charge in [0.15, 0.2) is 29.5 Å². The van der Waals surface area contributed by atoms with Gasteiger partial charge in [0.05, 0.1) is 17.3 Å². The van der Waals surface area contributed by atoms with E-state index in [1.54, 1.807) is 0 Å². The minimum atomic E-state index is -3.80. The van der Waals surface area contributed by atoms with Gasteiger partial charge < -0.3 is 0 Å². The molecule has 0 saturated carbocycles. The molecule has 0 spiro atoms. The van der Waals surface area contributed by atoms with Gasteiger partial charge in [0, 0.05) is 36.2 Å². The lowest BCUT2D eigenvalue weighted by Gasteiger charge is -2.13. The van der Waals surface area contributed by atoms with Crippen molar-refractivity contribution in [1.29, 1.82) is 0 Å². The van der Waals surface area contributed by atoms with Crippen LogP contribution in [-0.4, -0.2) is 62.0 Å². The highest BCUT2D eigenvalue weighted by atomic mass is 32.2. The molecule has 30 heavy (non-hydrogen) atoms. The molecule has 0 unspecified atom stereocenters. The first kappa shape index (κ1) is 25.8. The Balaban J connectivity index is 3.61. The van der Waals surface area contributed by atoms with E-state index in [2.05, 4.69) is 13.2 Å². The second kappa shape index (κ2) is 9.70. The molecule has 0 bridgehead atoms. The molecule has 0 N–H and O–H groups in total. The minimum absolute atomic E-state index is 0.245. The molecule has 170 valence electrons. The van der Waals surface area contributed by atoms with Crippen molar-refractivity contribution in [2.24, 2.45) is 0 Å². The van der Waals surface area contributed by atoms with Crippen molar-refractivity contribution in [3.63, 3.8) is 0 Å². The first-order valence-corrected chi connectivity index (χ1v) is 13.8. The van der Waals surface area contributed by atoms with Crippen LogP contribution in [0.3, 0.4) is 0 Å². The Kier molecular flexibility index (Phi) is 8.33. The van der Waals surface area contributed by atoms with Crippen molar-refractivity contribution in [1.82, 2.24) is 13.7 Å². The lowest BCUT2D eigenvalue weighted by Crippen LogP contribution is -2.55. The van der Waals surface area contributed by atoms with Gasteiger partial charge in [-0.15, -0.1) is 0 Å². The van der Waals surface area contributed by atoms with Crippen LogP contribution in [0.15, 0.2) is 38.4 Å². The molecular formula is C15H23N3O9S3. The first-order chi connectivity index (χ1) is 13.7. The van der Waals surface area contributed by atoms with E-state index in [1.165, 1.54) is 6.92 Å². The van der Waals surface area contributed by atoms with Crippen molar-refractivity contribution in [2.45, 2.75) is 26.6 Å². The Morgan fingerprint density at radius 2 is 0.967 bits per heavy atom. The lowest BCUT2D eigenvalue weighted by atomic mass is 10.6. The zero-order chi connectivity index (χ0) is 23.3. The van der Waals surface area contributed by atoms with E-state index in [-0.39, 0.29) is 5.75 Å². The summed E-state index contributed by atoms with van der Waals surface area (Å²) < 4.78 is 71.4. The molecule has 0 fully saturated rings. The van der Waals surface area contributed by atoms with Crippen molar-refractivity contribution in [3.05, 3.63) is 55.4 Å². The molecule has 1 heterocycles. The van der Waals surface area contributed by atoms with E-state index in [9.17, 15) is 39.6 Å². The number of nitrogens with zero attached hydrogens (tertiary/aromatic N) is 3. The van der Waals surface area contributed by atoms with E-state index in [4.69, 9.17) is 0 Å². The molecule has 15 heteroatoms. The topological polar surface area (TPSA) is 168 Å². The van der Waals surface area contributed by atoms with E-state index in [0.29, 0.717) is 24.5 Å². The summed E-state index contributed by atoms with van der Waals surface area (Å²) in [6.45, 7) is 5.74. The molecule has 0 aliphatic rings. The van der Waals surface area contributed by atoms with E-state index >= 15 is 0 Å². The van der Waals surface area contributed by atoms with Crippen molar-refractivity contribution in [3.8, 4) is 0 Å². The molecule has 12 nitrogen and oxygen atoms in total. The maximum Gasteiger partial charge on any atom is 0.336 e. The largest absolute Gasteiger partial charge is 0.336 e. The maximum atomic E-state index is 12.6. The zero-order valence-electron chi connectivity index (χ0n) is 16.3. The smallest absolute Gasteiger partial charge is 0.247 e. The minimum Gasteiger partial charge on any atom is -0.247 e. The fourth-order valence-electron chi connectivity index (χ4n) is 2.23. The molecular weight excluding hydrogens is 462 g/mol. The van der Waals surface area contributed by atoms with Crippen LogP contribution in [0.25, 0.3) is 0 Å². The highest BCUT2D eigenvalue weighted by Crippen LogP contribution is 1.94. The molecule has 0 aliphatic heterocycles. The number of hydrogen-bond acceptors (Lipinski definition) is 9. The molecule has 0 aromatic carbocycles. The third-order valence-electron chi connectivity index (χ3n) is 4.16. The molecule has 1 aromatic rings. The first-order valence-electron chi connectivity index (χ1n) is 8.55. The predicted molar refractivity (Wildman–Crippen MR) is 112 cm³/mol. The van der Waals surface area contributed by atoms with Crippen molar-refractivity contribution in [2.75, 3.05) is 23.0 Å². The summed E-state index contributed by atoms with van der Waals surface area (Å²) >= 11 is 0. The number of sulfone groups is 3. The van der Waals surface area contributed by atoms with E-state index < -0.39 is 83.5 Å². The van der Waals surface area contributed by atoms with Crippen LogP contribution in [-0.2, 0) is 49.1 Å². The van der Waals surface area contributed by atoms with Gasteiger partial charge in [-0.1, -0.05) is 20.1 Å². The third-order valence-corrected chi connectivity index (χ3v) is 8.36. The van der Waals surface area contributed by atoms with Crippen molar-refractivity contribution < 1.29 is 25.3 Å². The van der Waals surface area contributed by atoms with Crippen LogP contribution in [0.2, 0.25) is 0 Å². The van der Waals surface area contributed by atoms with Gasteiger partial charge in [-0.2, -0.15) is 0 Å². The Morgan fingerprint density at radius 1 is 0.667 bits per heavy atom. The molecule has 0 saturated heterocycles.